The average molecular weight is 411 g/mol. The molecule has 156 valence electrons. The number of carbonyl (C=O) groups is 1. The third-order valence-corrected chi connectivity index (χ3v) is 4.28. The smallest absolute Gasteiger partial charge is 0.333 e. The highest BCUT2D eigenvalue weighted by molar-refractivity contribution is 6.04. The van der Waals surface area contributed by atoms with Crippen LogP contribution in [-0.2, 0) is 0 Å². The fraction of sp³-hybridized carbons (Fsp3) is 0.190. The molecule has 3 rings (SSSR count). The number of nitrogens with zero attached hydrogens (tertiary/aromatic N) is 1. The van der Waals surface area contributed by atoms with Gasteiger partial charge in [0, 0.05) is 12.3 Å². The lowest BCUT2D eigenvalue weighted by Crippen LogP contribution is -2.38. The van der Waals surface area contributed by atoms with Gasteiger partial charge in [-0.05, 0) is 43.3 Å². The Kier molecular flexibility index (Phi) is 6.21. The Hall–Kier alpha value is -4.01. The molecule has 0 fully saturated rings. The van der Waals surface area contributed by atoms with Gasteiger partial charge in [0.15, 0.2) is 0 Å². The van der Waals surface area contributed by atoms with Crippen molar-refractivity contribution in [3.63, 3.8) is 0 Å². The quantitative estimate of drug-likeness (QED) is 0.617. The maximum Gasteiger partial charge on any atom is 0.333 e. The maximum absolute atomic E-state index is 12.9. The highest BCUT2D eigenvalue weighted by Crippen LogP contribution is 2.29. The third-order valence-electron chi connectivity index (χ3n) is 4.28. The monoisotopic (exact) mass is 411 g/mol. The molecule has 3 aromatic rings. The lowest BCUT2D eigenvalue weighted by molar-refractivity contribution is 0.102. The van der Waals surface area contributed by atoms with Crippen molar-refractivity contribution in [2.75, 3.05) is 26.1 Å². The second-order valence-corrected chi connectivity index (χ2v) is 6.10. The normalized spacial score (nSPS) is 10.4. The van der Waals surface area contributed by atoms with E-state index in [1.54, 1.807) is 42.5 Å². The summed E-state index contributed by atoms with van der Waals surface area (Å²) >= 11 is 0. The molecule has 9 nitrogen and oxygen atoms in total. The molecule has 9 heteroatoms. The van der Waals surface area contributed by atoms with Crippen LogP contribution < -0.4 is 30.8 Å². The van der Waals surface area contributed by atoms with E-state index in [0.717, 1.165) is 10.8 Å². The lowest BCUT2D eigenvalue weighted by atomic mass is 10.2. The molecule has 1 aromatic heterocycles. The molecular formula is C21H21N3O6. The van der Waals surface area contributed by atoms with Crippen molar-refractivity contribution < 1.29 is 19.0 Å². The SMILES string of the molecule is CCOc1ccc(-n2c(=O)[nH]cc(C(=O)Nc3ccc(OC)cc3OC)c2=O)cc1. The van der Waals surface area contributed by atoms with Gasteiger partial charge in [-0.1, -0.05) is 0 Å². The molecule has 30 heavy (non-hydrogen) atoms. The number of hydrogen-bond donors (Lipinski definition) is 2. The van der Waals surface area contributed by atoms with E-state index in [1.165, 1.54) is 14.2 Å². The van der Waals surface area contributed by atoms with Gasteiger partial charge in [0.25, 0.3) is 11.5 Å². The number of nitrogens with one attached hydrogen (secondary N) is 2. The van der Waals surface area contributed by atoms with Gasteiger partial charge in [-0.25, -0.2) is 9.36 Å². The number of aromatic nitrogens is 2. The molecule has 0 unspecified atom stereocenters. The van der Waals surface area contributed by atoms with Gasteiger partial charge in [-0.15, -0.1) is 0 Å². The van der Waals surface area contributed by atoms with Crippen LogP contribution in [0.2, 0.25) is 0 Å². The van der Waals surface area contributed by atoms with Crippen LogP contribution in [0.4, 0.5) is 5.69 Å². The van der Waals surface area contributed by atoms with Crippen LogP contribution in [0.3, 0.4) is 0 Å². The van der Waals surface area contributed by atoms with Crippen LogP contribution in [0.5, 0.6) is 17.2 Å². The molecule has 1 heterocycles. The predicted octanol–water partition coefficient (Wildman–Crippen LogP) is 2.19. The van der Waals surface area contributed by atoms with Gasteiger partial charge in [0.1, 0.15) is 22.8 Å². The van der Waals surface area contributed by atoms with Crippen LogP contribution in [0.25, 0.3) is 5.69 Å². The molecule has 0 saturated carbocycles. The number of carbonyl (C=O) groups excluding carboxylic acids is 1. The Morgan fingerprint density at radius 3 is 2.37 bits per heavy atom. The van der Waals surface area contributed by atoms with Crippen molar-refractivity contribution in [2.45, 2.75) is 6.92 Å². The fourth-order valence-electron chi connectivity index (χ4n) is 2.82. The summed E-state index contributed by atoms with van der Waals surface area (Å²) < 4.78 is 16.6. The van der Waals surface area contributed by atoms with Crippen molar-refractivity contribution in [3.05, 3.63) is 75.1 Å². The second-order valence-electron chi connectivity index (χ2n) is 6.10. The van der Waals surface area contributed by atoms with Crippen LogP contribution in [0, 0.1) is 0 Å². The Bertz CT molecular complexity index is 1160. The van der Waals surface area contributed by atoms with Crippen LogP contribution in [0.1, 0.15) is 17.3 Å². The molecule has 0 aliphatic heterocycles. The van der Waals surface area contributed by atoms with Gasteiger partial charge < -0.3 is 24.5 Å². The van der Waals surface area contributed by atoms with E-state index in [9.17, 15) is 14.4 Å². The predicted molar refractivity (Wildman–Crippen MR) is 111 cm³/mol. The van der Waals surface area contributed by atoms with Crippen molar-refractivity contribution in [2.24, 2.45) is 0 Å². The molecule has 0 aliphatic rings. The van der Waals surface area contributed by atoms with Gasteiger partial charge in [0.05, 0.1) is 32.2 Å². The average Bonchev–Trinajstić information content (AvgIpc) is 2.75. The highest BCUT2D eigenvalue weighted by atomic mass is 16.5. The fourth-order valence-corrected chi connectivity index (χ4v) is 2.82. The van der Waals surface area contributed by atoms with E-state index in [0.29, 0.717) is 35.2 Å². The molecule has 0 atom stereocenters. The minimum atomic E-state index is -0.757. The zero-order valence-electron chi connectivity index (χ0n) is 16.7. The van der Waals surface area contributed by atoms with E-state index >= 15 is 0 Å². The summed E-state index contributed by atoms with van der Waals surface area (Å²) in [5, 5.41) is 2.62. The van der Waals surface area contributed by atoms with Crippen molar-refractivity contribution >= 4 is 11.6 Å². The van der Waals surface area contributed by atoms with Crippen LogP contribution in [-0.4, -0.2) is 36.3 Å². The minimum Gasteiger partial charge on any atom is -0.497 e. The van der Waals surface area contributed by atoms with Crippen LogP contribution >= 0.6 is 0 Å². The summed E-state index contributed by atoms with van der Waals surface area (Å²) in [7, 11) is 2.96. The van der Waals surface area contributed by atoms with E-state index in [-0.39, 0.29) is 5.56 Å². The number of hydrogen-bond acceptors (Lipinski definition) is 6. The Labute approximate surface area is 171 Å². The molecule has 0 bridgehead atoms. The lowest BCUT2D eigenvalue weighted by Gasteiger charge is -2.12. The minimum absolute atomic E-state index is 0.235. The van der Waals surface area contributed by atoms with Crippen molar-refractivity contribution in [1.29, 1.82) is 0 Å². The standard InChI is InChI=1S/C21H21N3O6/c1-4-30-14-7-5-13(6-8-14)24-20(26)16(12-22-21(24)27)19(25)23-17-10-9-15(28-2)11-18(17)29-3/h5-12H,4H2,1-3H3,(H,22,27)(H,23,25). The van der Waals surface area contributed by atoms with Crippen LogP contribution in [0.15, 0.2) is 58.3 Å². The molecule has 0 radical (unpaired) electrons. The molecule has 0 saturated heterocycles. The number of aromatic amines is 1. The number of ether oxygens (including phenoxy) is 3. The number of benzene rings is 2. The molecule has 0 aliphatic carbocycles. The van der Waals surface area contributed by atoms with E-state index < -0.39 is 17.2 Å². The molecule has 0 spiro atoms. The third kappa shape index (κ3) is 4.19. The Morgan fingerprint density at radius 1 is 1.03 bits per heavy atom. The first kappa shape index (κ1) is 20.7. The van der Waals surface area contributed by atoms with Gasteiger partial charge in [-0.3, -0.25) is 9.59 Å². The zero-order chi connectivity index (χ0) is 21.7. The first-order valence-electron chi connectivity index (χ1n) is 9.09. The van der Waals surface area contributed by atoms with E-state index in [4.69, 9.17) is 14.2 Å². The number of anilines is 1. The molecular weight excluding hydrogens is 390 g/mol. The summed E-state index contributed by atoms with van der Waals surface area (Å²) in [6.07, 6.45) is 1.08. The summed E-state index contributed by atoms with van der Waals surface area (Å²) in [6, 6.07) is 11.2. The number of rotatable bonds is 7. The summed E-state index contributed by atoms with van der Waals surface area (Å²) in [4.78, 5) is 40.3. The molecule has 2 N–H and O–H groups in total. The topological polar surface area (TPSA) is 112 Å². The van der Waals surface area contributed by atoms with Gasteiger partial charge in [-0.2, -0.15) is 0 Å². The number of amides is 1. The molecule has 2 aromatic carbocycles. The summed E-state index contributed by atoms with van der Waals surface area (Å²) in [5.74, 6) is 0.816. The second kappa shape index (κ2) is 8.99. The van der Waals surface area contributed by atoms with Crippen molar-refractivity contribution in [1.82, 2.24) is 9.55 Å². The zero-order valence-corrected chi connectivity index (χ0v) is 16.7. The highest BCUT2D eigenvalue weighted by Gasteiger charge is 2.18. The first-order chi connectivity index (χ1) is 14.5. The Balaban J connectivity index is 1.96. The first-order valence-corrected chi connectivity index (χ1v) is 9.09. The van der Waals surface area contributed by atoms with Gasteiger partial charge in [0.2, 0.25) is 0 Å². The summed E-state index contributed by atoms with van der Waals surface area (Å²) in [6.45, 7) is 2.34. The largest absolute Gasteiger partial charge is 0.497 e. The number of H-pyrrole nitrogens is 1. The number of methoxy groups -OCH3 is 2. The van der Waals surface area contributed by atoms with E-state index in [2.05, 4.69) is 10.3 Å². The molecule has 1 amide bonds. The maximum atomic E-state index is 12.9. The summed E-state index contributed by atoms with van der Waals surface area (Å²) in [5.41, 5.74) is -1.00. The Morgan fingerprint density at radius 2 is 1.73 bits per heavy atom. The van der Waals surface area contributed by atoms with Crippen molar-refractivity contribution in [3.8, 4) is 22.9 Å². The van der Waals surface area contributed by atoms with Gasteiger partial charge >= 0.3 is 5.69 Å². The van der Waals surface area contributed by atoms with E-state index in [1.807, 2.05) is 6.92 Å².